The molecule has 0 fully saturated rings. The fourth-order valence-corrected chi connectivity index (χ4v) is 9.32. The third-order valence-electron chi connectivity index (χ3n) is 14.4. The topological polar surface area (TPSA) is 78.9 Å². The molecule has 0 aliphatic carbocycles. The first kappa shape index (κ1) is 77.5. The van der Waals surface area contributed by atoms with Gasteiger partial charge in [-0.05, 0) is 135 Å². The summed E-state index contributed by atoms with van der Waals surface area (Å²) >= 11 is 0. The zero-order valence-electron chi connectivity index (χ0n) is 53.5. The molecule has 0 amide bonds. The van der Waals surface area contributed by atoms with Crippen LogP contribution in [0.4, 0.5) is 0 Å². The van der Waals surface area contributed by atoms with Crippen molar-refractivity contribution in [3.63, 3.8) is 0 Å². The Morgan fingerprint density at radius 3 is 0.744 bits per heavy atom. The minimum atomic E-state index is -0.794. The lowest BCUT2D eigenvalue weighted by atomic mass is 10.1. The predicted molar refractivity (Wildman–Crippen MR) is 357 cm³/mol. The highest BCUT2D eigenvalue weighted by atomic mass is 16.6. The number of ether oxygens (including phenoxy) is 3. The van der Waals surface area contributed by atoms with Gasteiger partial charge in [-0.25, -0.2) is 0 Å². The number of rotatable bonds is 61. The second kappa shape index (κ2) is 69.0. The van der Waals surface area contributed by atoms with E-state index in [0.717, 1.165) is 135 Å². The van der Waals surface area contributed by atoms with Gasteiger partial charge in [-0.15, -0.1) is 0 Å². The smallest absolute Gasteiger partial charge is 0.306 e. The fourth-order valence-electron chi connectivity index (χ4n) is 9.32. The van der Waals surface area contributed by atoms with Gasteiger partial charge in [-0.2, -0.15) is 0 Å². The van der Waals surface area contributed by atoms with Gasteiger partial charge in [0, 0.05) is 19.3 Å². The molecule has 6 heteroatoms. The number of hydrogen-bond acceptors (Lipinski definition) is 6. The van der Waals surface area contributed by atoms with Crippen LogP contribution in [0.25, 0.3) is 0 Å². The van der Waals surface area contributed by atoms with Crippen LogP contribution in [0.5, 0.6) is 0 Å². The third kappa shape index (κ3) is 66.4. The number of carbonyl (C=O) groups excluding carboxylic acids is 3. The highest BCUT2D eigenvalue weighted by Gasteiger charge is 2.19. The Labute approximate surface area is 506 Å². The minimum Gasteiger partial charge on any atom is -0.462 e. The molecule has 0 N–H and O–H groups in total. The normalized spacial score (nSPS) is 13.0. The first-order chi connectivity index (χ1) is 40.5. The van der Waals surface area contributed by atoms with Gasteiger partial charge in [-0.1, -0.05) is 289 Å². The highest BCUT2D eigenvalue weighted by Crippen LogP contribution is 2.16. The van der Waals surface area contributed by atoms with Gasteiger partial charge >= 0.3 is 17.9 Å². The van der Waals surface area contributed by atoms with Gasteiger partial charge in [0.15, 0.2) is 6.10 Å². The van der Waals surface area contributed by atoms with Crippen LogP contribution < -0.4 is 0 Å². The molecule has 0 aromatic carbocycles. The lowest BCUT2D eigenvalue weighted by molar-refractivity contribution is -0.167. The first-order valence-corrected chi connectivity index (χ1v) is 34.2. The number of unbranched alkanes of at least 4 members (excludes halogenated alkanes) is 28. The van der Waals surface area contributed by atoms with E-state index < -0.39 is 6.10 Å². The predicted octanol–water partition coefficient (Wildman–Crippen LogP) is 23.7. The summed E-state index contributed by atoms with van der Waals surface area (Å²) in [5.74, 6) is -0.904. The van der Waals surface area contributed by atoms with E-state index in [4.69, 9.17) is 14.2 Å². The molecule has 1 atom stereocenters. The van der Waals surface area contributed by atoms with E-state index in [1.54, 1.807) is 0 Å². The summed E-state index contributed by atoms with van der Waals surface area (Å²) in [4.78, 5) is 38.4. The Morgan fingerprint density at radius 1 is 0.256 bits per heavy atom. The van der Waals surface area contributed by atoms with E-state index >= 15 is 0 Å². The molecule has 1 unspecified atom stereocenters. The summed E-state index contributed by atoms with van der Waals surface area (Å²) in [5, 5.41) is 0. The van der Waals surface area contributed by atoms with Gasteiger partial charge in [0.1, 0.15) is 13.2 Å². The number of carbonyl (C=O) groups is 3. The standard InChI is InChI=1S/C76H126O6/c1-4-7-10-13-16-19-22-25-28-31-33-34-35-36-37-38-39-40-41-42-43-46-48-51-54-57-60-63-66-69-75(78)81-72-73(71-80-74(77)68-65-62-59-56-53-50-47-44-30-27-24-21-18-15-12-9-6-3)82-76(79)70-67-64-61-58-55-52-49-45-32-29-26-23-20-17-14-11-8-5-2/h7,9-10,12,16,18-21,23,25,27-30,32-34,36-37,39-40,73H,4-6,8,11,13-15,17,22,24,26,31,35,38,41-72H2,1-3H3/b10-7-,12-9-,19-16-,21-18-,23-20-,28-25-,30-27-,32-29-,34-33-,37-36-,40-39-. The van der Waals surface area contributed by atoms with Crippen LogP contribution in [0.2, 0.25) is 0 Å². The molecule has 0 rings (SSSR count). The Hall–Kier alpha value is -4.45. The maximum atomic E-state index is 12.9. The van der Waals surface area contributed by atoms with Gasteiger partial charge in [-0.3, -0.25) is 14.4 Å². The third-order valence-corrected chi connectivity index (χ3v) is 14.4. The molecular formula is C76H126O6. The van der Waals surface area contributed by atoms with Crippen molar-refractivity contribution < 1.29 is 28.6 Å². The van der Waals surface area contributed by atoms with Gasteiger partial charge in [0.05, 0.1) is 0 Å². The van der Waals surface area contributed by atoms with Gasteiger partial charge in [0.25, 0.3) is 0 Å². The lowest BCUT2D eigenvalue weighted by Crippen LogP contribution is -2.30. The SMILES string of the molecule is CC/C=C\C/C=C\C/C=C\C/C=C\C/C=C\C/C=C\CCCCCCCCCCCCC(=O)OCC(COC(=O)CCCCCCCCC/C=C\C/C=C\C/C=C\CC)OC(=O)CCCCCCCCC/C=C\C/C=C\CCCCCC. The molecule has 6 nitrogen and oxygen atoms in total. The van der Waals surface area contributed by atoms with E-state index in [9.17, 15) is 14.4 Å². The molecule has 0 saturated heterocycles. The van der Waals surface area contributed by atoms with Crippen molar-refractivity contribution in [3.8, 4) is 0 Å². The molecule has 0 spiro atoms. The maximum Gasteiger partial charge on any atom is 0.306 e. The summed E-state index contributed by atoms with van der Waals surface area (Å²) in [7, 11) is 0. The largest absolute Gasteiger partial charge is 0.462 e. The highest BCUT2D eigenvalue weighted by molar-refractivity contribution is 5.71. The summed E-state index contributed by atoms with van der Waals surface area (Å²) < 4.78 is 17.0. The summed E-state index contributed by atoms with van der Waals surface area (Å²) in [6, 6.07) is 0. The van der Waals surface area contributed by atoms with Gasteiger partial charge in [0.2, 0.25) is 0 Å². The zero-order valence-corrected chi connectivity index (χ0v) is 53.5. The Balaban J connectivity index is 4.37. The van der Waals surface area contributed by atoms with Crippen LogP contribution in [-0.4, -0.2) is 37.2 Å². The summed E-state index contributed by atoms with van der Waals surface area (Å²) in [5.41, 5.74) is 0. The van der Waals surface area contributed by atoms with Crippen molar-refractivity contribution in [2.45, 2.75) is 316 Å². The average molecular weight is 1140 g/mol. The molecule has 0 aromatic rings. The molecule has 82 heavy (non-hydrogen) atoms. The Bertz CT molecular complexity index is 1730. The molecule has 0 aromatic heterocycles. The first-order valence-electron chi connectivity index (χ1n) is 34.2. The van der Waals surface area contributed by atoms with Crippen molar-refractivity contribution in [1.82, 2.24) is 0 Å². The molecule has 0 heterocycles. The summed E-state index contributed by atoms with van der Waals surface area (Å²) in [6.07, 6.45) is 97.4. The van der Waals surface area contributed by atoms with Crippen molar-refractivity contribution >= 4 is 17.9 Å². The number of esters is 3. The monoisotopic (exact) mass is 1130 g/mol. The number of hydrogen-bond donors (Lipinski definition) is 0. The Kier molecular flexibility index (Phi) is 65.3. The van der Waals surface area contributed by atoms with Crippen LogP contribution >= 0.6 is 0 Å². The second-order valence-electron chi connectivity index (χ2n) is 22.3. The van der Waals surface area contributed by atoms with Crippen molar-refractivity contribution in [3.05, 3.63) is 134 Å². The second-order valence-corrected chi connectivity index (χ2v) is 22.3. The van der Waals surface area contributed by atoms with E-state index in [2.05, 4.69) is 154 Å². The molecule has 466 valence electrons. The van der Waals surface area contributed by atoms with Crippen molar-refractivity contribution in [2.24, 2.45) is 0 Å². The number of allylic oxidation sites excluding steroid dienone is 22. The fraction of sp³-hybridized carbons (Fsp3) is 0.671. The van der Waals surface area contributed by atoms with E-state index in [-0.39, 0.29) is 31.1 Å². The molecular weight excluding hydrogens is 1010 g/mol. The average Bonchev–Trinajstić information content (AvgIpc) is 3.47. The van der Waals surface area contributed by atoms with Crippen molar-refractivity contribution in [2.75, 3.05) is 13.2 Å². The quantitative estimate of drug-likeness (QED) is 0.0261. The zero-order chi connectivity index (χ0) is 59.2. The summed E-state index contributed by atoms with van der Waals surface area (Å²) in [6.45, 7) is 6.40. The molecule has 0 aliphatic rings. The van der Waals surface area contributed by atoms with Crippen molar-refractivity contribution in [1.29, 1.82) is 0 Å². The molecule has 0 aliphatic heterocycles. The van der Waals surface area contributed by atoms with Crippen LogP contribution in [0.15, 0.2) is 134 Å². The minimum absolute atomic E-state index is 0.0892. The molecule has 0 radical (unpaired) electrons. The van der Waals surface area contributed by atoms with Crippen LogP contribution in [0.1, 0.15) is 310 Å². The lowest BCUT2D eigenvalue weighted by Gasteiger charge is -2.18. The van der Waals surface area contributed by atoms with Gasteiger partial charge < -0.3 is 14.2 Å². The maximum absolute atomic E-state index is 12.9. The van der Waals surface area contributed by atoms with Crippen LogP contribution in [0, 0.1) is 0 Å². The van der Waals surface area contributed by atoms with E-state index in [1.807, 2.05) is 0 Å². The Morgan fingerprint density at radius 2 is 0.476 bits per heavy atom. The van der Waals surface area contributed by atoms with Crippen LogP contribution in [0.3, 0.4) is 0 Å². The molecule has 0 bridgehead atoms. The van der Waals surface area contributed by atoms with Crippen LogP contribution in [-0.2, 0) is 28.6 Å². The van der Waals surface area contributed by atoms with E-state index in [0.29, 0.717) is 19.3 Å². The van der Waals surface area contributed by atoms with E-state index in [1.165, 1.54) is 135 Å². The molecule has 0 saturated carbocycles.